The summed E-state index contributed by atoms with van der Waals surface area (Å²) in [5, 5.41) is 0. The van der Waals surface area contributed by atoms with Gasteiger partial charge in [-0.3, -0.25) is 0 Å². The maximum atomic E-state index is 2.40. The van der Waals surface area contributed by atoms with Crippen molar-refractivity contribution in [3.8, 4) is 0 Å². The lowest BCUT2D eigenvalue weighted by molar-refractivity contribution is 0.203. The maximum absolute atomic E-state index is 2.40. The predicted molar refractivity (Wildman–Crippen MR) is 101 cm³/mol. The van der Waals surface area contributed by atoms with E-state index in [9.17, 15) is 0 Å². The monoisotopic (exact) mass is 312 g/mol. The van der Waals surface area contributed by atoms with Crippen LogP contribution >= 0.6 is 0 Å². The van der Waals surface area contributed by atoms with Gasteiger partial charge in [-0.2, -0.15) is 0 Å². The topological polar surface area (TPSA) is 0 Å². The molecule has 1 aromatic carbocycles. The summed E-state index contributed by atoms with van der Waals surface area (Å²) in [6, 6.07) is 9.48. The first kappa shape index (κ1) is 17.1. The Balaban J connectivity index is 1.43. The van der Waals surface area contributed by atoms with Crippen molar-refractivity contribution in [1.29, 1.82) is 0 Å². The van der Waals surface area contributed by atoms with Crippen LogP contribution < -0.4 is 0 Å². The van der Waals surface area contributed by atoms with Crippen LogP contribution in [-0.4, -0.2) is 0 Å². The molecule has 128 valence electrons. The van der Waals surface area contributed by atoms with Crippen LogP contribution in [0, 0.1) is 17.8 Å². The minimum absolute atomic E-state index is 0.841. The van der Waals surface area contributed by atoms with Crippen LogP contribution in [0.3, 0.4) is 0 Å². The molecule has 0 N–H and O–H groups in total. The maximum Gasteiger partial charge on any atom is -0.0162 e. The summed E-state index contributed by atoms with van der Waals surface area (Å²) in [6.07, 6.45) is 16.0. The quantitative estimate of drug-likeness (QED) is 0.542. The zero-order valence-corrected chi connectivity index (χ0v) is 15.4. The van der Waals surface area contributed by atoms with Crippen molar-refractivity contribution in [3.63, 3.8) is 0 Å². The first-order chi connectivity index (χ1) is 11.3. The van der Waals surface area contributed by atoms with Crippen LogP contribution in [0.1, 0.15) is 95.1 Å². The standard InChI is InChI=1S/C23H36/c1-3-18-5-7-20(8-6-18)17-21-11-15-23(16-12-21)22-13-9-19(4-2)10-14-22/h9-10,13-14,18,20-21,23H,3-8,11-12,15-17H2,1-2H3. The highest BCUT2D eigenvalue weighted by Crippen LogP contribution is 2.41. The smallest absolute Gasteiger partial charge is 0.0162 e. The molecule has 2 fully saturated rings. The van der Waals surface area contributed by atoms with Gasteiger partial charge in [0.15, 0.2) is 0 Å². The average Bonchev–Trinajstić information content (AvgIpc) is 2.63. The third kappa shape index (κ3) is 4.61. The van der Waals surface area contributed by atoms with Gasteiger partial charge in [0.1, 0.15) is 0 Å². The lowest BCUT2D eigenvalue weighted by Gasteiger charge is -2.34. The van der Waals surface area contributed by atoms with E-state index in [2.05, 4.69) is 38.1 Å². The van der Waals surface area contributed by atoms with Crippen LogP contribution in [0.2, 0.25) is 0 Å². The van der Waals surface area contributed by atoms with Gasteiger partial charge in [-0.15, -0.1) is 0 Å². The Kier molecular flexibility index (Phi) is 6.20. The van der Waals surface area contributed by atoms with Crippen molar-refractivity contribution < 1.29 is 0 Å². The summed E-state index contributed by atoms with van der Waals surface area (Å²) in [5.41, 5.74) is 3.08. The van der Waals surface area contributed by atoms with Crippen molar-refractivity contribution in [3.05, 3.63) is 35.4 Å². The first-order valence-electron chi connectivity index (χ1n) is 10.4. The Morgan fingerprint density at radius 1 is 0.696 bits per heavy atom. The molecule has 0 aliphatic heterocycles. The molecule has 0 aromatic heterocycles. The normalized spacial score (nSPS) is 31.9. The highest BCUT2D eigenvalue weighted by Gasteiger charge is 2.27. The second-order valence-electron chi connectivity index (χ2n) is 8.34. The van der Waals surface area contributed by atoms with Gasteiger partial charge < -0.3 is 0 Å². The highest BCUT2D eigenvalue weighted by atomic mass is 14.3. The lowest BCUT2D eigenvalue weighted by atomic mass is 9.72. The van der Waals surface area contributed by atoms with E-state index in [0.29, 0.717) is 0 Å². The number of benzene rings is 1. The second-order valence-corrected chi connectivity index (χ2v) is 8.34. The van der Waals surface area contributed by atoms with E-state index < -0.39 is 0 Å². The predicted octanol–water partition coefficient (Wildman–Crippen LogP) is 7.13. The van der Waals surface area contributed by atoms with Crippen LogP contribution in [0.4, 0.5) is 0 Å². The molecule has 0 unspecified atom stereocenters. The Bertz CT molecular complexity index is 441. The van der Waals surface area contributed by atoms with Gasteiger partial charge in [0.05, 0.1) is 0 Å². The third-order valence-electron chi connectivity index (χ3n) is 6.92. The molecular weight excluding hydrogens is 276 g/mol. The van der Waals surface area contributed by atoms with Gasteiger partial charge in [0, 0.05) is 0 Å². The summed E-state index contributed by atoms with van der Waals surface area (Å²) in [4.78, 5) is 0. The molecule has 1 aromatic rings. The molecule has 0 saturated heterocycles. The van der Waals surface area contributed by atoms with E-state index >= 15 is 0 Å². The van der Waals surface area contributed by atoms with Crippen molar-refractivity contribution in [2.24, 2.45) is 17.8 Å². The molecule has 0 radical (unpaired) electrons. The van der Waals surface area contributed by atoms with Gasteiger partial charge in [0.2, 0.25) is 0 Å². The zero-order valence-electron chi connectivity index (χ0n) is 15.4. The van der Waals surface area contributed by atoms with E-state index in [0.717, 1.165) is 30.1 Å². The summed E-state index contributed by atoms with van der Waals surface area (Å²) in [7, 11) is 0. The van der Waals surface area contributed by atoms with Crippen molar-refractivity contribution in [1.82, 2.24) is 0 Å². The molecule has 3 rings (SSSR count). The van der Waals surface area contributed by atoms with Gasteiger partial charge in [-0.1, -0.05) is 70.2 Å². The van der Waals surface area contributed by atoms with Gasteiger partial charge in [0.25, 0.3) is 0 Å². The van der Waals surface area contributed by atoms with E-state index in [1.165, 1.54) is 69.8 Å². The Morgan fingerprint density at radius 2 is 1.22 bits per heavy atom. The fraction of sp³-hybridized carbons (Fsp3) is 0.739. The van der Waals surface area contributed by atoms with E-state index in [4.69, 9.17) is 0 Å². The third-order valence-corrected chi connectivity index (χ3v) is 6.92. The molecule has 2 saturated carbocycles. The molecule has 2 aliphatic rings. The molecule has 0 spiro atoms. The zero-order chi connectivity index (χ0) is 16.1. The lowest BCUT2D eigenvalue weighted by Crippen LogP contribution is -2.20. The summed E-state index contributed by atoms with van der Waals surface area (Å²) < 4.78 is 0. The number of hydrogen-bond donors (Lipinski definition) is 0. The van der Waals surface area contributed by atoms with Gasteiger partial charge in [-0.25, -0.2) is 0 Å². The van der Waals surface area contributed by atoms with E-state index in [1.54, 1.807) is 5.56 Å². The molecular formula is C23H36. The van der Waals surface area contributed by atoms with E-state index in [-0.39, 0.29) is 0 Å². The number of rotatable bonds is 5. The fourth-order valence-electron chi connectivity index (χ4n) is 5.10. The summed E-state index contributed by atoms with van der Waals surface area (Å²) >= 11 is 0. The Labute approximate surface area is 144 Å². The Hall–Kier alpha value is -0.780. The molecule has 0 atom stereocenters. The number of hydrogen-bond acceptors (Lipinski definition) is 0. The SMILES string of the molecule is CCc1ccc(C2CCC(CC3CCC(CC)CC3)CC2)cc1. The highest BCUT2D eigenvalue weighted by molar-refractivity contribution is 5.25. The Morgan fingerprint density at radius 3 is 1.74 bits per heavy atom. The van der Waals surface area contributed by atoms with Crippen molar-refractivity contribution in [2.45, 2.75) is 90.4 Å². The molecule has 0 heteroatoms. The first-order valence-corrected chi connectivity index (χ1v) is 10.4. The summed E-state index contributed by atoms with van der Waals surface area (Å²) in [5.74, 6) is 3.98. The molecule has 0 bridgehead atoms. The molecule has 0 amide bonds. The van der Waals surface area contributed by atoms with Gasteiger partial charge in [-0.05, 0) is 73.3 Å². The molecule has 0 nitrogen and oxygen atoms in total. The number of aryl methyl sites for hydroxylation is 1. The minimum Gasteiger partial charge on any atom is -0.0651 e. The van der Waals surface area contributed by atoms with E-state index in [1.807, 2.05) is 0 Å². The van der Waals surface area contributed by atoms with Crippen molar-refractivity contribution in [2.75, 3.05) is 0 Å². The van der Waals surface area contributed by atoms with Gasteiger partial charge >= 0.3 is 0 Å². The molecule has 2 aliphatic carbocycles. The largest absolute Gasteiger partial charge is 0.0651 e. The molecule has 0 heterocycles. The summed E-state index contributed by atoms with van der Waals surface area (Å²) in [6.45, 7) is 4.62. The van der Waals surface area contributed by atoms with Crippen LogP contribution in [-0.2, 0) is 6.42 Å². The van der Waals surface area contributed by atoms with Crippen LogP contribution in [0.15, 0.2) is 24.3 Å². The second kappa shape index (κ2) is 8.36. The van der Waals surface area contributed by atoms with Crippen LogP contribution in [0.25, 0.3) is 0 Å². The molecule has 23 heavy (non-hydrogen) atoms. The van der Waals surface area contributed by atoms with Crippen LogP contribution in [0.5, 0.6) is 0 Å². The fourth-order valence-corrected chi connectivity index (χ4v) is 5.10. The average molecular weight is 313 g/mol. The minimum atomic E-state index is 0.841. The van der Waals surface area contributed by atoms with Crippen molar-refractivity contribution >= 4 is 0 Å².